The van der Waals surface area contributed by atoms with Crippen LogP contribution in [0, 0.1) is 11.8 Å². The Labute approximate surface area is 198 Å². The quantitative estimate of drug-likeness (QED) is 0.549. The standard InChI is InChI=1S/C27H30N2O5/c30-25(31)14-24(16-6-5-7-16)29-26(32)17-12-18(13-17)28-27(33)34-15-23-21-10-3-1-8-19(21)20-9-2-4-11-22(20)23/h1-4,8-11,16-18,23-24H,5-7,12-15H2,(H,28,33)(H,29,32)(H,30,31). The number of alkyl carbamates (subject to hydrolysis) is 1. The molecule has 0 bridgehead atoms. The summed E-state index contributed by atoms with van der Waals surface area (Å²) in [4.78, 5) is 36.2. The summed E-state index contributed by atoms with van der Waals surface area (Å²) in [6, 6.07) is 16.0. The molecule has 2 amide bonds. The molecule has 0 heterocycles. The lowest BCUT2D eigenvalue weighted by atomic mass is 9.76. The highest BCUT2D eigenvalue weighted by atomic mass is 16.5. The minimum atomic E-state index is -0.888. The van der Waals surface area contributed by atoms with Crippen LogP contribution in [0.1, 0.15) is 55.6 Å². The Balaban J connectivity index is 1.09. The summed E-state index contributed by atoms with van der Waals surface area (Å²) in [5, 5.41) is 15.0. The highest BCUT2D eigenvalue weighted by Gasteiger charge is 2.38. The highest BCUT2D eigenvalue weighted by Crippen LogP contribution is 2.44. The number of carboxylic acid groups (broad SMARTS) is 1. The minimum absolute atomic E-state index is 0.00995. The Morgan fingerprint density at radius 3 is 2.15 bits per heavy atom. The Morgan fingerprint density at radius 1 is 0.971 bits per heavy atom. The zero-order valence-electron chi connectivity index (χ0n) is 19.0. The molecule has 7 heteroatoms. The molecular formula is C27H30N2O5. The molecular weight excluding hydrogens is 432 g/mol. The predicted octanol–water partition coefficient (Wildman–Crippen LogP) is 4.06. The molecule has 0 aromatic heterocycles. The molecule has 5 rings (SSSR count). The van der Waals surface area contributed by atoms with Crippen molar-refractivity contribution in [1.82, 2.24) is 10.6 Å². The first-order chi connectivity index (χ1) is 16.5. The van der Waals surface area contributed by atoms with Crippen LogP contribution in [-0.2, 0) is 14.3 Å². The summed E-state index contributed by atoms with van der Waals surface area (Å²) in [5.74, 6) is -0.926. The second-order valence-electron chi connectivity index (χ2n) is 9.74. The molecule has 2 saturated carbocycles. The molecule has 2 aromatic carbocycles. The normalized spacial score (nSPS) is 21.9. The van der Waals surface area contributed by atoms with Crippen molar-refractivity contribution in [2.75, 3.05) is 6.61 Å². The fourth-order valence-electron chi connectivity index (χ4n) is 5.42. The first-order valence-corrected chi connectivity index (χ1v) is 12.1. The lowest BCUT2D eigenvalue weighted by Gasteiger charge is -2.38. The van der Waals surface area contributed by atoms with Gasteiger partial charge in [-0.2, -0.15) is 0 Å². The van der Waals surface area contributed by atoms with Crippen LogP contribution in [0.4, 0.5) is 4.79 Å². The summed E-state index contributed by atoms with van der Waals surface area (Å²) in [5.41, 5.74) is 4.70. The van der Waals surface area contributed by atoms with Crippen molar-refractivity contribution < 1.29 is 24.2 Å². The smallest absolute Gasteiger partial charge is 0.407 e. The van der Waals surface area contributed by atoms with Gasteiger partial charge in [0.1, 0.15) is 6.61 Å². The zero-order valence-corrected chi connectivity index (χ0v) is 19.0. The number of carbonyl (C=O) groups excluding carboxylic acids is 2. The number of carboxylic acids is 1. The molecule has 7 nitrogen and oxygen atoms in total. The molecule has 0 radical (unpaired) electrons. The SMILES string of the molecule is O=C(O)CC(NC(=O)C1CC(NC(=O)OCC2c3ccccc3-c3ccccc32)C1)C1CCC1. The number of nitrogens with one attached hydrogen (secondary N) is 2. The van der Waals surface area contributed by atoms with Crippen molar-refractivity contribution >= 4 is 18.0 Å². The van der Waals surface area contributed by atoms with Crippen LogP contribution < -0.4 is 10.6 Å². The number of fused-ring (bicyclic) bond motifs is 3. The average Bonchev–Trinajstić information content (AvgIpc) is 3.06. The van der Waals surface area contributed by atoms with E-state index in [0.29, 0.717) is 12.8 Å². The maximum absolute atomic E-state index is 12.6. The van der Waals surface area contributed by atoms with E-state index in [1.807, 2.05) is 24.3 Å². The highest BCUT2D eigenvalue weighted by molar-refractivity contribution is 5.81. The third-order valence-electron chi connectivity index (χ3n) is 7.62. The molecule has 1 atom stereocenters. The molecule has 178 valence electrons. The number of rotatable bonds is 8. The predicted molar refractivity (Wildman–Crippen MR) is 126 cm³/mol. The van der Waals surface area contributed by atoms with E-state index in [9.17, 15) is 14.4 Å². The lowest BCUT2D eigenvalue weighted by molar-refractivity contribution is -0.138. The van der Waals surface area contributed by atoms with Crippen LogP contribution in [0.2, 0.25) is 0 Å². The van der Waals surface area contributed by atoms with Gasteiger partial charge in [-0.25, -0.2) is 4.79 Å². The van der Waals surface area contributed by atoms with Gasteiger partial charge in [0.25, 0.3) is 0 Å². The van der Waals surface area contributed by atoms with E-state index in [1.165, 1.54) is 22.3 Å². The van der Waals surface area contributed by atoms with E-state index in [4.69, 9.17) is 9.84 Å². The van der Waals surface area contributed by atoms with E-state index in [-0.39, 0.29) is 48.8 Å². The van der Waals surface area contributed by atoms with Crippen LogP contribution >= 0.6 is 0 Å². The van der Waals surface area contributed by atoms with Crippen molar-refractivity contribution in [3.8, 4) is 11.1 Å². The fraction of sp³-hybridized carbons (Fsp3) is 0.444. The van der Waals surface area contributed by atoms with Crippen LogP contribution in [0.25, 0.3) is 11.1 Å². The molecule has 2 fully saturated rings. The number of hydrogen-bond donors (Lipinski definition) is 3. The second-order valence-corrected chi connectivity index (χ2v) is 9.74. The zero-order chi connectivity index (χ0) is 23.7. The van der Waals surface area contributed by atoms with Gasteiger partial charge in [-0.15, -0.1) is 0 Å². The van der Waals surface area contributed by atoms with Gasteiger partial charge in [0.05, 0.1) is 6.42 Å². The molecule has 2 aromatic rings. The average molecular weight is 463 g/mol. The molecule has 0 saturated heterocycles. The molecule has 0 spiro atoms. The van der Waals surface area contributed by atoms with E-state index >= 15 is 0 Å². The maximum atomic E-state index is 12.6. The van der Waals surface area contributed by atoms with Gasteiger partial charge in [0.15, 0.2) is 0 Å². The molecule has 0 aliphatic heterocycles. The van der Waals surface area contributed by atoms with Crippen molar-refractivity contribution in [2.45, 2.75) is 56.5 Å². The molecule has 3 aliphatic rings. The Hall–Kier alpha value is -3.35. The van der Waals surface area contributed by atoms with Crippen LogP contribution in [0.5, 0.6) is 0 Å². The Kier molecular flexibility index (Phi) is 6.26. The maximum Gasteiger partial charge on any atom is 0.407 e. The van der Waals surface area contributed by atoms with Crippen molar-refractivity contribution in [3.05, 3.63) is 59.7 Å². The van der Waals surface area contributed by atoms with Crippen LogP contribution in [-0.4, -0.2) is 41.8 Å². The molecule has 34 heavy (non-hydrogen) atoms. The monoisotopic (exact) mass is 462 g/mol. The number of benzene rings is 2. The van der Waals surface area contributed by atoms with Gasteiger partial charge < -0.3 is 20.5 Å². The van der Waals surface area contributed by atoms with Crippen LogP contribution in [0.3, 0.4) is 0 Å². The van der Waals surface area contributed by atoms with Gasteiger partial charge >= 0.3 is 12.1 Å². The summed E-state index contributed by atoms with van der Waals surface area (Å²) in [6.45, 7) is 0.259. The van der Waals surface area contributed by atoms with Gasteiger partial charge in [-0.05, 0) is 53.9 Å². The first-order valence-electron chi connectivity index (χ1n) is 12.1. The lowest BCUT2D eigenvalue weighted by Crippen LogP contribution is -2.53. The van der Waals surface area contributed by atoms with E-state index in [1.54, 1.807) is 0 Å². The van der Waals surface area contributed by atoms with Crippen molar-refractivity contribution in [2.24, 2.45) is 11.8 Å². The van der Waals surface area contributed by atoms with Gasteiger partial charge in [-0.1, -0.05) is 55.0 Å². The summed E-state index contributed by atoms with van der Waals surface area (Å²) in [7, 11) is 0. The van der Waals surface area contributed by atoms with Crippen molar-refractivity contribution in [1.29, 1.82) is 0 Å². The topological polar surface area (TPSA) is 105 Å². The summed E-state index contributed by atoms with van der Waals surface area (Å²) >= 11 is 0. The number of carbonyl (C=O) groups is 3. The van der Waals surface area contributed by atoms with Crippen molar-refractivity contribution in [3.63, 3.8) is 0 Å². The van der Waals surface area contributed by atoms with E-state index in [2.05, 4.69) is 34.9 Å². The Morgan fingerprint density at radius 2 is 1.59 bits per heavy atom. The second kappa shape index (κ2) is 9.49. The third kappa shape index (κ3) is 4.52. The molecule has 3 aliphatic carbocycles. The molecule has 3 N–H and O–H groups in total. The number of aliphatic carboxylic acids is 1. The number of amides is 2. The summed E-state index contributed by atoms with van der Waals surface area (Å²) in [6.07, 6.45) is 3.60. The Bertz CT molecular complexity index is 1040. The number of hydrogen-bond acceptors (Lipinski definition) is 4. The first kappa shape index (κ1) is 22.4. The van der Waals surface area contributed by atoms with E-state index < -0.39 is 12.1 Å². The minimum Gasteiger partial charge on any atom is -0.481 e. The molecule has 1 unspecified atom stereocenters. The number of ether oxygens (including phenoxy) is 1. The third-order valence-corrected chi connectivity index (χ3v) is 7.62. The van der Waals surface area contributed by atoms with Gasteiger partial charge in [-0.3, -0.25) is 9.59 Å². The van der Waals surface area contributed by atoms with Gasteiger partial charge in [0.2, 0.25) is 5.91 Å². The summed E-state index contributed by atoms with van der Waals surface area (Å²) < 4.78 is 5.59. The van der Waals surface area contributed by atoms with Gasteiger partial charge in [0, 0.05) is 23.9 Å². The fourth-order valence-corrected chi connectivity index (χ4v) is 5.42. The van der Waals surface area contributed by atoms with E-state index in [0.717, 1.165) is 19.3 Å². The largest absolute Gasteiger partial charge is 0.481 e. The van der Waals surface area contributed by atoms with Crippen LogP contribution in [0.15, 0.2) is 48.5 Å².